The van der Waals surface area contributed by atoms with Gasteiger partial charge in [-0.25, -0.2) is 0 Å². The van der Waals surface area contributed by atoms with Crippen LogP contribution in [0.1, 0.15) is 5.56 Å². The summed E-state index contributed by atoms with van der Waals surface area (Å²) in [7, 11) is 0. The summed E-state index contributed by atoms with van der Waals surface area (Å²) in [4.78, 5) is 12.1. The van der Waals surface area contributed by atoms with E-state index in [9.17, 15) is 4.79 Å². The van der Waals surface area contributed by atoms with E-state index in [1.54, 1.807) is 17.1 Å². The lowest BCUT2D eigenvalue weighted by atomic mass is 10.1. The van der Waals surface area contributed by atoms with Gasteiger partial charge in [0.05, 0.1) is 24.8 Å². The Morgan fingerprint density at radius 3 is 2.73 bits per heavy atom. The van der Waals surface area contributed by atoms with Gasteiger partial charge in [-0.15, -0.1) is 0 Å². The molecule has 1 aliphatic heterocycles. The molecule has 0 radical (unpaired) electrons. The number of anilines is 1. The number of benzene rings is 2. The maximum atomic E-state index is 12.1. The quantitative estimate of drug-likeness (QED) is 0.769. The molecule has 6 nitrogen and oxygen atoms in total. The lowest BCUT2D eigenvalue weighted by molar-refractivity contribution is -0.115. The van der Waals surface area contributed by atoms with Gasteiger partial charge in [0.2, 0.25) is 5.91 Å². The molecule has 0 saturated carbocycles. The number of rotatable bonds is 5. The molecule has 3 aromatic rings. The Labute approximate surface area is 151 Å². The van der Waals surface area contributed by atoms with Crippen LogP contribution in [0.2, 0.25) is 0 Å². The van der Waals surface area contributed by atoms with Crippen LogP contribution >= 0.6 is 0 Å². The molecule has 0 spiro atoms. The van der Waals surface area contributed by atoms with E-state index in [1.807, 2.05) is 54.6 Å². The topological polar surface area (TPSA) is 65.4 Å². The van der Waals surface area contributed by atoms with Gasteiger partial charge in [0.25, 0.3) is 0 Å². The molecule has 0 saturated heterocycles. The first-order valence-electron chi connectivity index (χ1n) is 8.51. The van der Waals surface area contributed by atoms with E-state index in [0.717, 1.165) is 17.1 Å². The number of fused-ring (bicyclic) bond motifs is 1. The van der Waals surface area contributed by atoms with Crippen LogP contribution in [0, 0.1) is 0 Å². The second-order valence-corrected chi connectivity index (χ2v) is 6.16. The van der Waals surface area contributed by atoms with E-state index in [1.165, 1.54) is 0 Å². The Morgan fingerprint density at radius 2 is 1.88 bits per heavy atom. The van der Waals surface area contributed by atoms with E-state index in [4.69, 9.17) is 9.47 Å². The van der Waals surface area contributed by atoms with Crippen LogP contribution in [0.5, 0.6) is 11.5 Å². The smallest absolute Gasteiger partial charge is 0.228 e. The van der Waals surface area contributed by atoms with E-state index in [2.05, 4.69) is 10.4 Å². The monoisotopic (exact) mass is 349 g/mol. The molecule has 1 atom stereocenters. The summed E-state index contributed by atoms with van der Waals surface area (Å²) in [5.41, 5.74) is 1.65. The second-order valence-electron chi connectivity index (χ2n) is 6.16. The third-order valence-corrected chi connectivity index (χ3v) is 4.08. The summed E-state index contributed by atoms with van der Waals surface area (Å²) >= 11 is 0. The van der Waals surface area contributed by atoms with Crippen LogP contribution in [-0.2, 0) is 17.8 Å². The van der Waals surface area contributed by atoms with Gasteiger partial charge < -0.3 is 14.8 Å². The van der Waals surface area contributed by atoms with Crippen molar-refractivity contribution in [3.8, 4) is 11.5 Å². The minimum Gasteiger partial charge on any atom is -0.486 e. The zero-order valence-corrected chi connectivity index (χ0v) is 14.2. The minimum atomic E-state index is -0.127. The largest absolute Gasteiger partial charge is 0.486 e. The van der Waals surface area contributed by atoms with Crippen LogP contribution in [0.25, 0.3) is 0 Å². The normalized spacial score (nSPS) is 15.5. The number of carbonyl (C=O) groups is 1. The van der Waals surface area contributed by atoms with Gasteiger partial charge in [0, 0.05) is 6.20 Å². The summed E-state index contributed by atoms with van der Waals surface area (Å²) in [6, 6.07) is 17.2. The summed E-state index contributed by atoms with van der Waals surface area (Å²) in [6.07, 6.45) is 3.65. The zero-order chi connectivity index (χ0) is 17.8. The molecule has 1 aromatic heterocycles. The molecule has 0 fully saturated rings. The molecule has 1 N–H and O–H groups in total. The standard InChI is InChI=1S/C20H19N3O3/c24-20(10-15-6-2-1-3-7-15)22-16-11-21-23(12-16)13-17-14-25-18-8-4-5-9-19(18)26-17/h1-9,11-12,17H,10,13-14H2,(H,22,24)/t17-/m0/s1. The van der Waals surface area contributed by atoms with Crippen LogP contribution in [0.3, 0.4) is 0 Å². The van der Waals surface area contributed by atoms with E-state index < -0.39 is 0 Å². The van der Waals surface area contributed by atoms with Gasteiger partial charge in [-0.1, -0.05) is 42.5 Å². The highest BCUT2D eigenvalue weighted by Gasteiger charge is 2.21. The first-order valence-corrected chi connectivity index (χ1v) is 8.51. The molecule has 0 unspecified atom stereocenters. The number of para-hydroxylation sites is 2. The van der Waals surface area contributed by atoms with Crippen molar-refractivity contribution in [1.82, 2.24) is 9.78 Å². The van der Waals surface area contributed by atoms with Gasteiger partial charge in [0.1, 0.15) is 6.61 Å². The van der Waals surface area contributed by atoms with Crippen LogP contribution in [-0.4, -0.2) is 28.4 Å². The van der Waals surface area contributed by atoms with Gasteiger partial charge in [0.15, 0.2) is 17.6 Å². The fourth-order valence-corrected chi connectivity index (χ4v) is 2.88. The van der Waals surface area contributed by atoms with Crippen molar-refractivity contribution in [3.05, 3.63) is 72.6 Å². The molecule has 2 heterocycles. The van der Waals surface area contributed by atoms with Gasteiger partial charge in [-0.2, -0.15) is 5.10 Å². The molecule has 1 amide bonds. The summed E-state index contributed by atoms with van der Waals surface area (Å²) in [5, 5.41) is 7.16. The van der Waals surface area contributed by atoms with Gasteiger partial charge in [-0.3, -0.25) is 9.48 Å². The number of hydrogen-bond donors (Lipinski definition) is 1. The highest BCUT2D eigenvalue weighted by Crippen LogP contribution is 2.31. The lowest BCUT2D eigenvalue weighted by Gasteiger charge is -2.26. The molecule has 26 heavy (non-hydrogen) atoms. The third-order valence-electron chi connectivity index (χ3n) is 4.08. The Morgan fingerprint density at radius 1 is 1.12 bits per heavy atom. The van der Waals surface area contributed by atoms with Crippen molar-refractivity contribution in [3.63, 3.8) is 0 Å². The zero-order valence-electron chi connectivity index (χ0n) is 14.2. The van der Waals surface area contributed by atoms with Crippen LogP contribution in [0.4, 0.5) is 5.69 Å². The highest BCUT2D eigenvalue weighted by molar-refractivity contribution is 5.91. The lowest BCUT2D eigenvalue weighted by Crippen LogP contribution is -2.33. The number of amides is 1. The maximum Gasteiger partial charge on any atom is 0.228 e. The Bertz CT molecular complexity index is 892. The summed E-state index contributed by atoms with van der Waals surface area (Å²) in [6.45, 7) is 1.01. The molecule has 132 valence electrons. The predicted molar refractivity (Wildman–Crippen MR) is 97.4 cm³/mol. The summed E-state index contributed by atoms with van der Waals surface area (Å²) in [5.74, 6) is 1.44. The molecule has 0 bridgehead atoms. The van der Waals surface area contributed by atoms with Crippen molar-refractivity contribution in [2.75, 3.05) is 11.9 Å². The number of nitrogens with zero attached hydrogens (tertiary/aromatic N) is 2. The average molecular weight is 349 g/mol. The first kappa shape index (κ1) is 16.2. The van der Waals surface area contributed by atoms with Gasteiger partial charge >= 0.3 is 0 Å². The number of aromatic nitrogens is 2. The maximum absolute atomic E-state index is 12.1. The first-order chi connectivity index (χ1) is 12.8. The fraction of sp³-hybridized carbons (Fsp3) is 0.200. The molecule has 0 aliphatic carbocycles. The predicted octanol–water partition coefficient (Wildman–Crippen LogP) is 2.90. The van der Waals surface area contributed by atoms with Crippen molar-refractivity contribution in [2.24, 2.45) is 0 Å². The van der Waals surface area contributed by atoms with Crippen LogP contribution < -0.4 is 14.8 Å². The number of carbonyl (C=O) groups excluding carboxylic acids is 1. The van der Waals surface area contributed by atoms with Crippen molar-refractivity contribution >= 4 is 11.6 Å². The SMILES string of the molecule is O=C(Cc1ccccc1)Nc1cnn(C[C@H]2COc3ccccc3O2)c1. The second kappa shape index (κ2) is 7.31. The molecule has 1 aliphatic rings. The minimum absolute atomic E-state index is 0.0677. The average Bonchev–Trinajstić information content (AvgIpc) is 3.09. The van der Waals surface area contributed by atoms with E-state index >= 15 is 0 Å². The molecular formula is C20H19N3O3. The Balaban J connectivity index is 1.33. The number of ether oxygens (including phenoxy) is 2. The van der Waals surface area contributed by atoms with E-state index in [0.29, 0.717) is 25.3 Å². The molecule has 2 aromatic carbocycles. The van der Waals surface area contributed by atoms with E-state index in [-0.39, 0.29) is 12.0 Å². The summed E-state index contributed by atoms with van der Waals surface area (Å²) < 4.78 is 13.4. The Kier molecular flexibility index (Phi) is 4.55. The van der Waals surface area contributed by atoms with Crippen molar-refractivity contribution in [2.45, 2.75) is 19.1 Å². The molecule has 4 rings (SSSR count). The fourth-order valence-electron chi connectivity index (χ4n) is 2.88. The molecule has 6 heteroatoms. The van der Waals surface area contributed by atoms with Crippen molar-refractivity contribution < 1.29 is 14.3 Å². The molecular weight excluding hydrogens is 330 g/mol. The van der Waals surface area contributed by atoms with Gasteiger partial charge in [-0.05, 0) is 17.7 Å². The third kappa shape index (κ3) is 3.85. The highest BCUT2D eigenvalue weighted by atomic mass is 16.6. The van der Waals surface area contributed by atoms with Crippen molar-refractivity contribution in [1.29, 1.82) is 0 Å². The Hall–Kier alpha value is -3.28. The van der Waals surface area contributed by atoms with Crippen LogP contribution in [0.15, 0.2) is 67.0 Å². The number of hydrogen-bond acceptors (Lipinski definition) is 4. The number of nitrogens with one attached hydrogen (secondary N) is 1.